The fourth-order valence-corrected chi connectivity index (χ4v) is 1.49. The van der Waals surface area contributed by atoms with Gasteiger partial charge >= 0.3 is 11.6 Å². The van der Waals surface area contributed by atoms with E-state index in [1.54, 1.807) is 24.3 Å². The number of carboxylic acid groups (broad SMARTS) is 1. The van der Waals surface area contributed by atoms with E-state index in [0.29, 0.717) is 11.3 Å². The van der Waals surface area contributed by atoms with Crippen molar-refractivity contribution in [3.63, 3.8) is 0 Å². The molecule has 17 heavy (non-hydrogen) atoms. The van der Waals surface area contributed by atoms with E-state index in [4.69, 9.17) is 9.84 Å². The molecule has 1 heterocycles. The van der Waals surface area contributed by atoms with Gasteiger partial charge < -0.3 is 14.4 Å². The molecule has 6 nitrogen and oxygen atoms in total. The second-order valence-electron chi connectivity index (χ2n) is 3.28. The maximum atomic E-state index is 11.4. The number of aromatic nitrogens is 1. The van der Waals surface area contributed by atoms with Crippen molar-refractivity contribution in [3.05, 3.63) is 40.4 Å². The molecule has 88 valence electrons. The van der Waals surface area contributed by atoms with Crippen molar-refractivity contribution in [3.8, 4) is 16.9 Å². The molecular formula is C11H9NO5. The molecule has 0 spiro atoms. The Morgan fingerprint density at radius 1 is 1.47 bits per heavy atom. The van der Waals surface area contributed by atoms with Crippen molar-refractivity contribution in [2.45, 2.75) is 0 Å². The maximum Gasteiger partial charge on any atom is 0.365 e. The fraction of sp³-hybridized carbons (Fsp3) is 0.0909. The number of aromatic amines is 1. The first-order chi connectivity index (χ1) is 8.13. The lowest BCUT2D eigenvalue weighted by Crippen LogP contribution is -2.03. The Morgan fingerprint density at radius 3 is 2.88 bits per heavy atom. The van der Waals surface area contributed by atoms with Gasteiger partial charge in [-0.15, -0.1) is 0 Å². The van der Waals surface area contributed by atoms with Crippen LogP contribution in [-0.4, -0.2) is 23.3 Å². The first-order valence-electron chi connectivity index (χ1n) is 4.72. The van der Waals surface area contributed by atoms with Gasteiger partial charge in [0.25, 0.3) is 0 Å². The molecule has 0 aliphatic carbocycles. The SMILES string of the molecule is COc1cccc(-c2c(C(=O)O)[nH]oc2=O)c1. The summed E-state index contributed by atoms with van der Waals surface area (Å²) in [5, 5.41) is 11.0. The maximum absolute atomic E-state index is 11.4. The van der Waals surface area contributed by atoms with Crippen LogP contribution >= 0.6 is 0 Å². The molecule has 0 unspecified atom stereocenters. The number of hydrogen-bond donors (Lipinski definition) is 2. The highest BCUT2D eigenvalue weighted by molar-refractivity contribution is 5.93. The zero-order valence-electron chi connectivity index (χ0n) is 8.89. The minimum Gasteiger partial charge on any atom is -0.497 e. The van der Waals surface area contributed by atoms with Crippen LogP contribution in [0.3, 0.4) is 0 Å². The molecule has 0 atom stereocenters. The zero-order chi connectivity index (χ0) is 12.4. The van der Waals surface area contributed by atoms with Crippen LogP contribution in [0.1, 0.15) is 10.5 Å². The number of nitrogens with one attached hydrogen (secondary N) is 1. The molecule has 0 saturated heterocycles. The topological polar surface area (TPSA) is 92.5 Å². The Hall–Kier alpha value is -2.50. The number of carbonyl (C=O) groups is 1. The Kier molecular flexibility index (Phi) is 2.70. The third kappa shape index (κ3) is 1.92. The molecule has 0 radical (unpaired) electrons. The predicted molar refractivity (Wildman–Crippen MR) is 58.3 cm³/mol. The molecule has 0 saturated carbocycles. The van der Waals surface area contributed by atoms with Crippen molar-refractivity contribution in [1.82, 2.24) is 5.16 Å². The van der Waals surface area contributed by atoms with Gasteiger partial charge in [0.15, 0.2) is 5.69 Å². The van der Waals surface area contributed by atoms with Crippen LogP contribution < -0.4 is 10.4 Å². The summed E-state index contributed by atoms with van der Waals surface area (Å²) in [4.78, 5) is 22.3. The summed E-state index contributed by atoms with van der Waals surface area (Å²) in [5.41, 5.74) is -0.591. The number of methoxy groups -OCH3 is 1. The highest BCUT2D eigenvalue weighted by Crippen LogP contribution is 2.23. The second-order valence-corrected chi connectivity index (χ2v) is 3.28. The normalized spacial score (nSPS) is 10.2. The number of ether oxygens (including phenoxy) is 1. The third-order valence-corrected chi connectivity index (χ3v) is 2.27. The largest absolute Gasteiger partial charge is 0.497 e. The van der Waals surface area contributed by atoms with Crippen LogP contribution in [0.2, 0.25) is 0 Å². The Morgan fingerprint density at radius 2 is 2.24 bits per heavy atom. The second kappa shape index (κ2) is 4.17. The van der Waals surface area contributed by atoms with Crippen molar-refractivity contribution >= 4 is 5.97 Å². The highest BCUT2D eigenvalue weighted by atomic mass is 16.5. The quantitative estimate of drug-likeness (QED) is 0.837. The first kappa shape index (κ1) is 11.0. The van der Waals surface area contributed by atoms with E-state index in [1.807, 2.05) is 0 Å². The fourth-order valence-electron chi connectivity index (χ4n) is 1.49. The summed E-state index contributed by atoms with van der Waals surface area (Å²) < 4.78 is 9.49. The lowest BCUT2D eigenvalue weighted by Gasteiger charge is -2.01. The first-order valence-corrected chi connectivity index (χ1v) is 4.72. The zero-order valence-corrected chi connectivity index (χ0v) is 8.89. The monoisotopic (exact) mass is 235 g/mol. The lowest BCUT2D eigenvalue weighted by molar-refractivity contribution is 0.0686. The molecule has 2 aromatic rings. The Bertz CT molecular complexity index is 610. The molecule has 1 aromatic carbocycles. The summed E-state index contributed by atoms with van der Waals surface area (Å²) in [7, 11) is 1.48. The molecular weight excluding hydrogens is 226 g/mol. The van der Waals surface area contributed by atoms with Crippen LogP contribution in [0.15, 0.2) is 33.6 Å². The van der Waals surface area contributed by atoms with Crippen LogP contribution in [0.25, 0.3) is 11.1 Å². The van der Waals surface area contributed by atoms with E-state index in [2.05, 4.69) is 9.68 Å². The average Bonchev–Trinajstić information content (AvgIpc) is 2.71. The van der Waals surface area contributed by atoms with Gasteiger partial charge in [0.2, 0.25) is 0 Å². The number of carboxylic acids is 1. The lowest BCUT2D eigenvalue weighted by atomic mass is 10.1. The van der Waals surface area contributed by atoms with Gasteiger partial charge in [-0.3, -0.25) is 0 Å². The highest BCUT2D eigenvalue weighted by Gasteiger charge is 2.19. The molecule has 6 heteroatoms. The molecule has 0 bridgehead atoms. The number of rotatable bonds is 3. The van der Waals surface area contributed by atoms with Crippen molar-refractivity contribution in [2.75, 3.05) is 7.11 Å². The van der Waals surface area contributed by atoms with E-state index in [-0.39, 0.29) is 11.3 Å². The van der Waals surface area contributed by atoms with Crippen LogP contribution in [-0.2, 0) is 0 Å². The van der Waals surface area contributed by atoms with Crippen molar-refractivity contribution in [1.29, 1.82) is 0 Å². The van der Waals surface area contributed by atoms with Crippen LogP contribution in [0, 0.1) is 0 Å². The van der Waals surface area contributed by atoms with E-state index < -0.39 is 11.6 Å². The van der Waals surface area contributed by atoms with Crippen LogP contribution in [0.4, 0.5) is 0 Å². The number of H-pyrrole nitrogens is 1. The number of aromatic carboxylic acids is 1. The summed E-state index contributed by atoms with van der Waals surface area (Å²) in [6.45, 7) is 0. The number of benzene rings is 1. The molecule has 0 amide bonds. The van der Waals surface area contributed by atoms with E-state index >= 15 is 0 Å². The van der Waals surface area contributed by atoms with Gasteiger partial charge in [-0.05, 0) is 17.7 Å². The van der Waals surface area contributed by atoms with E-state index in [1.165, 1.54) is 7.11 Å². The summed E-state index contributed by atoms with van der Waals surface area (Å²) >= 11 is 0. The molecule has 1 aromatic heterocycles. The molecule has 2 N–H and O–H groups in total. The van der Waals surface area contributed by atoms with Gasteiger partial charge in [0, 0.05) is 0 Å². The molecule has 0 fully saturated rings. The summed E-state index contributed by atoms with van der Waals surface area (Å²) in [6, 6.07) is 6.52. The molecule has 0 aliphatic rings. The van der Waals surface area contributed by atoms with Crippen molar-refractivity contribution < 1.29 is 19.2 Å². The minimum atomic E-state index is -1.26. The van der Waals surface area contributed by atoms with E-state index in [9.17, 15) is 9.59 Å². The third-order valence-electron chi connectivity index (χ3n) is 2.27. The Balaban J connectivity index is 2.63. The minimum absolute atomic E-state index is 0.0172. The predicted octanol–water partition coefficient (Wildman–Crippen LogP) is 1.34. The smallest absolute Gasteiger partial charge is 0.365 e. The van der Waals surface area contributed by atoms with Gasteiger partial charge in [-0.2, -0.15) is 0 Å². The molecule has 2 rings (SSSR count). The van der Waals surface area contributed by atoms with Gasteiger partial charge in [-0.25, -0.2) is 14.7 Å². The number of hydrogen-bond acceptors (Lipinski definition) is 4. The van der Waals surface area contributed by atoms with Crippen molar-refractivity contribution in [2.24, 2.45) is 0 Å². The van der Waals surface area contributed by atoms with Gasteiger partial charge in [-0.1, -0.05) is 12.1 Å². The summed E-state index contributed by atoms with van der Waals surface area (Å²) in [5.74, 6) is -0.729. The van der Waals surface area contributed by atoms with E-state index in [0.717, 1.165) is 0 Å². The van der Waals surface area contributed by atoms with Gasteiger partial charge in [0.05, 0.1) is 7.11 Å². The average molecular weight is 235 g/mol. The van der Waals surface area contributed by atoms with Gasteiger partial charge in [0.1, 0.15) is 11.3 Å². The standard InChI is InChI=1S/C11H9NO5/c1-16-7-4-2-3-6(5-7)8-9(10(13)14)12-17-11(8)15/h2-5,12H,1H3,(H,13,14). The molecule has 0 aliphatic heterocycles. The van der Waals surface area contributed by atoms with Crippen LogP contribution in [0.5, 0.6) is 5.75 Å². The Labute approximate surface area is 95.4 Å². The summed E-state index contributed by atoms with van der Waals surface area (Å²) in [6.07, 6.45) is 0.